The number of hydrogen-bond donors (Lipinski definition) is 4. The van der Waals surface area contributed by atoms with Crippen LogP contribution in [0.3, 0.4) is 0 Å². The summed E-state index contributed by atoms with van der Waals surface area (Å²) in [5, 5.41) is 8.65. The summed E-state index contributed by atoms with van der Waals surface area (Å²) in [6.45, 7) is 9.70. The van der Waals surface area contributed by atoms with Crippen LogP contribution >= 0.6 is 0 Å². The first kappa shape index (κ1) is 32.0. The van der Waals surface area contributed by atoms with E-state index in [1.807, 2.05) is 52.8 Å². The van der Waals surface area contributed by atoms with Crippen molar-refractivity contribution in [3.8, 4) is 11.6 Å². The summed E-state index contributed by atoms with van der Waals surface area (Å²) < 4.78 is 33.9. The number of pyridine rings is 1. The maximum absolute atomic E-state index is 13.5. The number of ether oxygens (including phenoxy) is 1. The van der Waals surface area contributed by atoms with Crippen LogP contribution in [0.4, 0.5) is 17.1 Å². The second kappa shape index (κ2) is 12.4. The number of methoxy groups -OCH3 is 1. The van der Waals surface area contributed by atoms with Crippen LogP contribution < -0.4 is 31.4 Å². The van der Waals surface area contributed by atoms with Gasteiger partial charge in [0.15, 0.2) is 11.6 Å². The molecular weight excluding hydrogens is 580 g/mol. The molecule has 1 amide bonds. The Morgan fingerprint density at radius 2 is 1.80 bits per heavy atom. The first-order valence-corrected chi connectivity index (χ1v) is 15.6. The molecular formula is C31H38N8O4S. The third-order valence-corrected chi connectivity index (χ3v) is 7.51. The van der Waals surface area contributed by atoms with Crippen molar-refractivity contribution in [2.75, 3.05) is 28.4 Å². The van der Waals surface area contributed by atoms with Crippen LogP contribution in [-0.2, 0) is 15.4 Å². The topological polar surface area (TPSA) is 170 Å². The number of amides is 1. The molecule has 0 unspecified atom stereocenters. The molecule has 0 saturated heterocycles. The number of aryl methyl sites for hydroxylation is 1. The van der Waals surface area contributed by atoms with Gasteiger partial charge in [0.25, 0.3) is 5.91 Å². The Balaban J connectivity index is 1.65. The van der Waals surface area contributed by atoms with Crippen molar-refractivity contribution < 1.29 is 17.9 Å². The van der Waals surface area contributed by atoms with Gasteiger partial charge in [-0.15, -0.1) is 0 Å². The average Bonchev–Trinajstić information content (AvgIpc) is 3.33. The van der Waals surface area contributed by atoms with E-state index in [4.69, 9.17) is 16.3 Å². The predicted molar refractivity (Wildman–Crippen MR) is 174 cm³/mol. The number of aromatic nitrogens is 3. The summed E-state index contributed by atoms with van der Waals surface area (Å²) in [7, 11) is -2.21. The van der Waals surface area contributed by atoms with E-state index in [9.17, 15) is 13.2 Å². The van der Waals surface area contributed by atoms with Gasteiger partial charge in [-0.25, -0.2) is 23.9 Å². The van der Waals surface area contributed by atoms with E-state index in [-0.39, 0.29) is 16.9 Å². The minimum Gasteiger partial charge on any atom is -0.492 e. The molecule has 0 atom stereocenters. The normalized spacial score (nSPS) is 12.1. The monoisotopic (exact) mass is 618 g/mol. The second-order valence-electron chi connectivity index (χ2n) is 11.4. The number of nitrogens with one attached hydrogen (secondary N) is 2. The number of benzene rings is 2. The van der Waals surface area contributed by atoms with E-state index in [1.165, 1.54) is 12.1 Å². The number of nitrogens with zero attached hydrogens (tertiary/aromatic N) is 4. The van der Waals surface area contributed by atoms with Gasteiger partial charge in [0.1, 0.15) is 0 Å². The summed E-state index contributed by atoms with van der Waals surface area (Å²) in [5.74, 6) is 6.83. The fourth-order valence-electron chi connectivity index (χ4n) is 4.57. The van der Waals surface area contributed by atoms with Gasteiger partial charge in [0.05, 0.1) is 48.0 Å². The van der Waals surface area contributed by atoms with E-state index >= 15 is 0 Å². The highest BCUT2D eigenvalue weighted by atomic mass is 32.2. The number of hydrogen-bond acceptors (Lipinski definition) is 9. The van der Waals surface area contributed by atoms with Gasteiger partial charge < -0.3 is 15.8 Å². The minimum atomic E-state index is -3.62. The lowest BCUT2D eigenvalue weighted by molar-refractivity contribution is 0.102. The smallest absolute Gasteiger partial charge is 0.255 e. The third-order valence-electron chi connectivity index (χ3n) is 6.92. The van der Waals surface area contributed by atoms with Crippen molar-refractivity contribution in [2.24, 2.45) is 11.6 Å². The minimum absolute atomic E-state index is 0.182. The highest BCUT2D eigenvalue weighted by Gasteiger charge is 2.23. The zero-order valence-corrected chi connectivity index (χ0v) is 26.7. The Morgan fingerprint density at radius 3 is 2.41 bits per heavy atom. The molecule has 12 nitrogen and oxygen atoms in total. The van der Waals surface area contributed by atoms with Crippen LogP contribution in [-0.4, -0.2) is 42.5 Å². The number of carbonyl (C=O) groups is 1. The van der Waals surface area contributed by atoms with Crippen molar-refractivity contribution in [2.45, 2.75) is 40.0 Å². The maximum atomic E-state index is 13.5. The van der Waals surface area contributed by atoms with E-state index in [0.29, 0.717) is 34.0 Å². The summed E-state index contributed by atoms with van der Waals surface area (Å²) >= 11 is 0. The fourth-order valence-corrected chi connectivity index (χ4v) is 5.12. The van der Waals surface area contributed by atoms with Crippen LogP contribution in [0.25, 0.3) is 11.5 Å². The predicted octanol–water partition coefficient (Wildman–Crippen LogP) is 4.45. The summed E-state index contributed by atoms with van der Waals surface area (Å²) in [6.07, 6.45) is 5.95. The average molecular weight is 619 g/mol. The largest absolute Gasteiger partial charge is 0.492 e. The molecule has 0 saturated carbocycles. The number of nitrogens with two attached hydrogens (primary N) is 2. The molecule has 4 rings (SSSR count). The summed E-state index contributed by atoms with van der Waals surface area (Å²) in [5.41, 5.74) is 10.9. The van der Waals surface area contributed by atoms with E-state index in [2.05, 4.69) is 20.1 Å². The van der Waals surface area contributed by atoms with E-state index in [1.54, 1.807) is 53.6 Å². The zero-order chi connectivity index (χ0) is 32.4. The molecule has 44 heavy (non-hydrogen) atoms. The molecule has 6 N–H and O–H groups in total. The molecule has 13 heteroatoms. The molecule has 0 aliphatic rings. The lowest BCUT2D eigenvalue weighted by Crippen LogP contribution is -2.27. The highest BCUT2D eigenvalue weighted by molar-refractivity contribution is 7.92. The van der Waals surface area contributed by atoms with Crippen LogP contribution in [0.15, 0.2) is 67.1 Å². The van der Waals surface area contributed by atoms with Crippen LogP contribution in [0.2, 0.25) is 0 Å². The number of hydrazine groups is 1. The zero-order valence-electron chi connectivity index (χ0n) is 25.8. The number of sulfonamides is 1. The van der Waals surface area contributed by atoms with Gasteiger partial charge in [-0.3, -0.25) is 14.5 Å². The number of rotatable bonds is 9. The molecule has 0 bridgehead atoms. The standard InChI is InChI=1S/C31H38N8O4S/c1-19-11-12-21(30(40)36-25-15-22(31(3,4)5)16-26(29(25)43-6)37-44(7,41)42)14-27(19)38(33)18-24(32)23-17-35-39(20(23)2)28-10-8-9-13-34-28/h8-18,37H,32-33H2,1-7H3,(H,36,40)/b24-18-. The van der Waals surface area contributed by atoms with Crippen molar-refractivity contribution in [1.29, 1.82) is 0 Å². The van der Waals surface area contributed by atoms with Crippen molar-refractivity contribution in [3.63, 3.8) is 0 Å². The number of anilines is 3. The second-order valence-corrected chi connectivity index (χ2v) is 13.2. The molecule has 4 aromatic rings. The molecule has 0 aliphatic carbocycles. The Kier molecular flexibility index (Phi) is 9.02. The molecule has 0 fully saturated rings. The van der Waals surface area contributed by atoms with E-state index < -0.39 is 15.9 Å². The van der Waals surface area contributed by atoms with Gasteiger partial charge >= 0.3 is 0 Å². The summed E-state index contributed by atoms with van der Waals surface area (Å²) in [6, 6.07) is 14.1. The Hall–Kier alpha value is -4.88. The maximum Gasteiger partial charge on any atom is 0.255 e. The molecule has 2 aromatic carbocycles. The molecule has 0 radical (unpaired) electrons. The lowest BCUT2D eigenvalue weighted by atomic mass is 9.86. The number of carbonyl (C=O) groups excluding carboxylic acids is 1. The first-order chi connectivity index (χ1) is 20.6. The highest BCUT2D eigenvalue weighted by Crippen LogP contribution is 2.39. The van der Waals surface area contributed by atoms with Gasteiger partial charge in [-0.1, -0.05) is 32.9 Å². The van der Waals surface area contributed by atoms with Crippen LogP contribution in [0, 0.1) is 13.8 Å². The van der Waals surface area contributed by atoms with E-state index in [0.717, 1.165) is 23.1 Å². The lowest BCUT2D eigenvalue weighted by Gasteiger charge is -2.24. The van der Waals surface area contributed by atoms with Crippen LogP contribution in [0.1, 0.15) is 53.5 Å². The first-order valence-electron chi connectivity index (χ1n) is 13.7. The molecule has 2 aromatic heterocycles. The SMILES string of the molecule is COc1c(NC(=O)c2ccc(C)c(N(N)/C=C(\N)c3cnn(-c4ccccn4)c3C)c2)cc(C(C)(C)C)cc1NS(C)(=O)=O. The summed E-state index contributed by atoms with van der Waals surface area (Å²) in [4.78, 5) is 17.9. The van der Waals surface area contributed by atoms with Gasteiger partial charge in [-0.05, 0) is 66.8 Å². The third kappa shape index (κ3) is 7.18. The van der Waals surface area contributed by atoms with Crippen LogP contribution in [0.5, 0.6) is 5.75 Å². The molecule has 2 heterocycles. The molecule has 0 spiro atoms. The van der Waals surface area contributed by atoms with Crippen molar-refractivity contribution in [3.05, 3.63) is 95.1 Å². The molecule has 0 aliphatic heterocycles. The molecule has 232 valence electrons. The van der Waals surface area contributed by atoms with Crippen molar-refractivity contribution >= 4 is 38.7 Å². The Bertz CT molecular complexity index is 1830. The quantitative estimate of drug-likeness (QED) is 0.156. The fraction of sp³-hybridized carbons (Fsp3) is 0.258. The van der Waals surface area contributed by atoms with Crippen molar-refractivity contribution in [1.82, 2.24) is 14.8 Å². The Labute approximate surface area is 257 Å². The van der Waals surface area contributed by atoms with Gasteiger partial charge in [-0.2, -0.15) is 5.10 Å². The Morgan fingerprint density at radius 1 is 1.09 bits per heavy atom. The van der Waals surface area contributed by atoms with Gasteiger partial charge in [0.2, 0.25) is 10.0 Å². The van der Waals surface area contributed by atoms with Gasteiger partial charge in [0, 0.05) is 23.5 Å².